The number of benzene rings is 2. The van der Waals surface area contributed by atoms with Crippen LogP contribution in [0.2, 0.25) is 0 Å². The summed E-state index contributed by atoms with van der Waals surface area (Å²) in [5, 5.41) is 5.69. The molecule has 6 heteroatoms. The number of rotatable bonds is 7. The van der Waals surface area contributed by atoms with Gasteiger partial charge >= 0.3 is 0 Å². The van der Waals surface area contributed by atoms with Crippen LogP contribution in [-0.4, -0.2) is 24.5 Å². The number of carbonyl (C=O) groups excluding carboxylic acids is 2. The number of hydrogen-bond acceptors (Lipinski definition) is 3. The third-order valence-corrected chi connectivity index (χ3v) is 5.20. The molecule has 0 fully saturated rings. The molecule has 29 heavy (non-hydrogen) atoms. The maximum atomic E-state index is 12.2. The van der Waals surface area contributed by atoms with Crippen LogP contribution in [0.25, 0.3) is 0 Å². The van der Waals surface area contributed by atoms with Gasteiger partial charge < -0.3 is 15.4 Å². The minimum atomic E-state index is -0.270. The molecule has 2 amide bonds. The fourth-order valence-corrected chi connectivity index (χ4v) is 3.03. The Bertz CT molecular complexity index is 857. The number of ether oxygens (including phenoxy) is 1. The van der Waals surface area contributed by atoms with Gasteiger partial charge in [-0.25, -0.2) is 0 Å². The molecule has 0 radical (unpaired) electrons. The van der Waals surface area contributed by atoms with Crippen LogP contribution >= 0.6 is 15.9 Å². The predicted octanol–water partition coefficient (Wildman–Crippen LogP) is 5.29. The van der Waals surface area contributed by atoms with E-state index in [9.17, 15) is 9.59 Å². The molecule has 0 aliphatic heterocycles. The van der Waals surface area contributed by atoms with Crippen LogP contribution in [0.1, 0.15) is 57.0 Å². The summed E-state index contributed by atoms with van der Waals surface area (Å²) in [4.78, 5) is 24.3. The molecule has 0 aliphatic rings. The highest BCUT2D eigenvalue weighted by Crippen LogP contribution is 2.31. The first-order valence-electron chi connectivity index (χ1n) is 9.73. The number of hydrogen-bond donors (Lipinski definition) is 2. The van der Waals surface area contributed by atoms with Crippen molar-refractivity contribution >= 4 is 33.4 Å². The van der Waals surface area contributed by atoms with Gasteiger partial charge in [-0.05, 0) is 76.7 Å². The monoisotopic (exact) mass is 460 g/mol. The van der Waals surface area contributed by atoms with Crippen molar-refractivity contribution in [1.29, 1.82) is 0 Å². The van der Waals surface area contributed by atoms with E-state index in [1.807, 2.05) is 32.0 Å². The van der Waals surface area contributed by atoms with E-state index in [4.69, 9.17) is 4.74 Å². The standard InChI is InChI=1S/C23H29BrN2O3/c1-6-15(2)25-22(28)16-7-10-18(11-8-16)26-21(27)14-29-20-12-9-17(13-19(20)24)23(3,4)5/h7-13,15H,6,14H2,1-5H3,(H,25,28)(H,26,27). The Morgan fingerprint density at radius 2 is 1.76 bits per heavy atom. The Morgan fingerprint density at radius 3 is 2.31 bits per heavy atom. The molecule has 1 atom stereocenters. The Balaban J connectivity index is 1.90. The van der Waals surface area contributed by atoms with E-state index in [-0.39, 0.29) is 29.9 Å². The summed E-state index contributed by atoms with van der Waals surface area (Å²) in [6.45, 7) is 10.3. The summed E-state index contributed by atoms with van der Waals surface area (Å²) in [5.74, 6) is 0.225. The predicted molar refractivity (Wildman–Crippen MR) is 121 cm³/mol. The molecule has 2 N–H and O–H groups in total. The Hall–Kier alpha value is -2.34. The van der Waals surface area contributed by atoms with Gasteiger partial charge in [-0.1, -0.05) is 33.8 Å². The van der Waals surface area contributed by atoms with E-state index in [0.717, 1.165) is 10.9 Å². The van der Waals surface area contributed by atoms with Crippen molar-refractivity contribution in [1.82, 2.24) is 5.32 Å². The quantitative estimate of drug-likeness (QED) is 0.589. The smallest absolute Gasteiger partial charge is 0.262 e. The molecule has 0 heterocycles. The lowest BCUT2D eigenvalue weighted by molar-refractivity contribution is -0.118. The van der Waals surface area contributed by atoms with E-state index in [0.29, 0.717) is 17.0 Å². The summed E-state index contributed by atoms with van der Waals surface area (Å²) < 4.78 is 6.45. The van der Waals surface area contributed by atoms with Crippen LogP contribution in [0.15, 0.2) is 46.9 Å². The zero-order valence-corrected chi connectivity index (χ0v) is 19.2. The molecular formula is C23H29BrN2O3. The number of nitrogens with one attached hydrogen (secondary N) is 2. The number of carbonyl (C=O) groups is 2. The van der Waals surface area contributed by atoms with Crippen LogP contribution in [0.3, 0.4) is 0 Å². The fourth-order valence-electron chi connectivity index (χ4n) is 2.54. The highest BCUT2D eigenvalue weighted by Gasteiger charge is 2.16. The highest BCUT2D eigenvalue weighted by atomic mass is 79.9. The van der Waals surface area contributed by atoms with E-state index < -0.39 is 0 Å². The number of anilines is 1. The Kier molecular flexibility index (Phi) is 7.85. The first-order valence-corrected chi connectivity index (χ1v) is 10.5. The molecule has 0 aliphatic carbocycles. The van der Waals surface area contributed by atoms with Gasteiger partial charge in [0, 0.05) is 17.3 Å². The lowest BCUT2D eigenvalue weighted by Crippen LogP contribution is -2.31. The molecule has 0 aromatic heterocycles. The number of amides is 2. The van der Waals surface area contributed by atoms with E-state index >= 15 is 0 Å². The third kappa shape index (κ3) is 6.89. The van der Waals surface area contributed by atoms with Gasteiger partial charge in [-0.2, -0.15) is 0 Å². The van der Waals surface area contributed by atoms with Crippen LogP contribution < -0.4 is 15.4 Å². The first kappa shape index (κ1) is 22.9. The third-order valence-electron chi connectivity index (χ3n) is 4.58. The molecule has 156 valence electrons. The second-order valence-electron chi connectivity index (χ2n) is 8.09. The van der Waals surface area contributed by atoms with E-state index in [1.165, 1.54) is 5.56 Å². The average molecular weight is 461 g/mol. The molecule has 2 aromatic rings. The summed E-state index contributed by atoms with van der Waals surface area (Å²) in [7, 11) is 0. The van der Waals surface area contributed by atoms with Crippen molar-refractivity contribution < 1.29 is 14.3 Å². The summed E-state index contributed by atoms with van der Waals surface area (Å²) in [6.07, 6.45) is 0.870. The van der Waals surface area contributed by atoms with E-state index in [1.54, 1.807) is 24.3 Å². The van der Waals surface area contributed by atoms with Crippen molar-refractivity contribution in [3.63, 3.8) is 0 Å². The van der Waals surface area contributed by atoms with Crippen molar-refractivity contribution in [2.75, 3.05) is 11.9 Å². The topological polar surface area (TPSA) is 67.4 Å². The first-order chi connectivity index (χ1) is 13.6. The molecule has 5 nitrogen and oxygen atoms in total. The highest BCUT2D eigenvalue weighted by molar-refractivity contribution is 9.10. The van der Waals surface area contributed by atoms with Gasteiger partial charge in [-0.15, -0.1) is 0 Å². The van der Waals surface area contributed by atoms with Gasteiger partial charge in [-0.3, -0.25) is 9.59 Å². The fraction of sp³-hybridized carbons (Fsp3) is 0.391. The zero-order valence-electron chi connectivity index (χ0n) is 17.6. The maximum absolute atomic E-state index is 12.2. The van der Waals surface area contributed by atoms with Crippen molar-refractivity contribution in [2.45, 2.75) is 52.5 Å². The van der Waals surface area contributed by atoms with Crippen molar-refractivity contribution in [2.24, 2.45) is 0 Å². The Morgan fingerprint density at radius 1 is 1.10 bits per heavy atom. The van der Waals surface area contributed by atoms with E-state index in [2.05, 4.69) is 47.3 Å². The normalized spacial score (nSPS) is 12.2. The Labute approximate surface area is 181 Å². The molecule has 2 aromatic carbocycles. The minimum Gasteiger partial charge on any atom is -0.483 e. The van der Waals surface area contributed by atoms with Crippen LogP contribution in [0.4, 0.5) is 5.69 Å². The van der Waals surface area contributed by atoms with Gasteiger partial charge in [0.05, 0.1) is 4.47 Å². The van der Waals surface area contributed by atoms with Crippen LogP contribution in [0, 0.1) is 0 Å². The van der Waals surface area contributed by atoms with Gasteiger partial charge in [0.2, 0.25) is 0 Å². The average Bonchev–Trinajstić information content (AvgIpc) is 2.66. The largest absolute Gasteiger partial charge is 0.483 e. The zero-order chi connectivity index (χ0) is 21.6. The van der Waals surface area contributed by atoms with Gasteiger partial charge in [0.15, 0.2) is 6.61 Å². The van der Waals surface area contributed by atoms with Gasteiger partial charge in [0.1, 0.15) is 5.75 Å². The van der Waals surface area contributed by atoms with Gasteiger partial charge in [0.25, 0.3) is 11.8 Å². The minimum absolute atomic E-state index is 0.0378. The molecule has 0 saturated carbocycles. The molecular weight excluding hydrogens is 432 g/mol. The lowest BCUT2D eigenvalue weighted by Gasteiger charge is -2.20. The summed E-state index contributed by atoms with van der Waals surface area (Å²) >= 11 is 3.51. The molecule has 2 rings (SSSR count). The molecule has 0 saturated heterocycles. The van der Waals surface area contributed by atoms with Crippen LogP contribution in [-0.2, 0) is 10.2 Å². The second kappa shape index (κ2) is 9.92. The van der Waals surface area contributed by atoms with Crippen LogP contribution in [0.5, 0.6) is 5.75 Å². The second-order valence-corrected chi connectivity index (χ2v) is 8.95. The molecule has 0 bridgehead atoms. The van der Waals surface area contributed by atoms with Crippen molar-refractivity contribution in [3.05, 3.63) is 58.1 Å². The molecule has 0 spiro atoms. The SMILES string of the molecule is CCC(C)NC(=O)c1ccc(NC(=O)COc2ccc(C(C)(C)C)cc2Br)cc1. The summed E-state index contributed by atoms with van der Waals surface area (Å²) in [6, 6.07) is 12.8. The molecule has 1 unspecified atom stereocenters. The van der Waals surface area contributed by atoms with Crippen molar-refractivity contribution in [3.8, 4) is 5.75 Å². The maximum Gasteiger partial charge on any atom is 0.262 e. The summed E-state index contributed by atoms with van der Waals surface area (Å²) in [5.41, 5.74) is 2.39. The number of halogens is 1. The lowest BCUT2D eigenvalue weighted by atomic mass is 9.87.